The van der Waals surface area contributed by atoms with Gasteiger partial charge in [-0.1, -0.05) is 51.9 Å². The summed E-state index contributed by atoms with van der Waals surface area (Å²) in [5, 5.41) is 22.4. The van der Waals surface area contributed by atoms with Crippen LogP contribution in [-0.4, -0.2) is 69.4 Å². The van der Waals surface area contributed by atoms with E-state index in [0.717, 1.165) is 48.9 Å². The summed E-state index contributed by atoms with van der Waals surface area (Å²) in [6, 6.07) is 0. The number of esters is 1. The molecule has 1 aromatic rings. The van der Waals surface area contributed by atoms with Crippen molar-refractivity contribution in [2.45, 2.75) is 83.0 Å². The van der Waals surface area contributed by atoms with Gasteiger partial charge in [-0.15, -0.1) is 11.8 Å². The summed E-state index contributed by atoms with van der Waals surface area (Å²) in [5.74, 6) is -2.23. The predicted molar refractivity (Wildman–Crippen MR) is 136 cm³/mol. The van der Waals surface area contributed by atoms with Gasteiger partial charge in [-0.2, -0.15) is 4.98 Å². The zero-order chi connectivity index (χ0) is 27.4. The lowest BCUT2D eigenvalue weighted by Crippen LogP contribution is -2.49. The van der Waals surface area contributed by atoms with Crippen LogP contribution < -0.4 is 11.0 Å². The van der Waals surface area contributed by atoms with Crippen LogP contribution in [0.2, 0.25) is 0 Å². The minimum atomic E-state index is -1.65. The van der Waals surface area contributed by atoms with Crippen molar-refractivity contribution in [1.82, 2.24) is 9.55 Å². The first-order chi connectivity index (χ1) is 17.7. The lowest BCUT2D eigenvalue weighted by atomic mass is 9.85. The quantitative estimate of drug-likeness (QED) is 0.221. The van der Waals surface area contributed by atoms with Gasteiger partial charge in [0.1, 0.15) is 23.2 Å². The molecule has 13 heteroatoms. The Morgan fingerprint density at radius 3 is 2.57 bits per heavy atom. The molecule has 1 aromatic heterocycles. The van der Waals surface area contributed by atoms with Gasteiger partial charge in [0.05, 0.1) is 26.5 Å². The van der Waals surface area contributed by atoms with Crippen molar-refractivity contribution in [3.05, 3.63) is 22.5 Å². The standard InChI is InChI=1S/C24H38FN3O8S/c1-4-5-6-7-8-9-10-11-12-35-23(33)27-19-16(25)13-28(22(32)26-19)17-14-37-20(36-17)18(30)24(2,15-29)21(31)34-3/h13,17-18,20,29-30H,4-12,14-15H2,1-3H3,(H,26,27,32,33)/t17-,18?,20+,24?/m1/s1. The minimum absolute atomic E-state index is 0.138. The van der Waals surface area contributed by atoms with Crippen molar-refractivity contribution in [1.29, 1.82) is 0 Å². The molecule has 2 rings (SSSR count). The van der Waals surface area contributed by atoms with Gasteiger partial charge in [-0.05, 0) is 13.3 Å². The number of unbranched alkanes of at least 4 members (excludes halogenated alkanes) is 7. The van der Waals surface area contributed by atoms with Gasteiger partial charge in [-0.25, -0.2) is 14.0 Å². The number of amides is 1. The molecule has 4 atom stereocenters. The van der Waals surface area contributed by atoms with E-state index in [2.05, 4.69) is 22.0 Å². The highest BCUT2D eigenvalue weighted by atomic mass is 32.2. The summed E-state index contributed by atoms with van der Waals surface area (Å²) >= 11 is 1.08. The van der Waals surface area contributed by atoms with E-state index in [1.54, 1.807) is 0 Å². The maximum Gasteiger partial charge on any atom is 0.412 e. The summed E-state index contributed by atoms with van der Waals surface area (Å²) in [6.07, 6.45) is 6.17. The number of carbonyl (C=O) groups is 2. The molecule has 1 aliphatic rings. The number of aromatic nitrogens is 2. The molecule has 1 fully saturated rings. The van der Waals surface area contributed by atoms with Gasteiger partial charge in [0.25, 0.3) is 0 Å². The molecule has 0 aromatic carbocycles. The Kier molecular flexibility index (Phi) is 12.8. The fraction of sp³-hybridized carbons (Fsp3) is 0.750. The number of halogens is 1. The number of rotatable bonds is 15. The smallest absolute Gasteiger partial charge is 0.412 e. The minimum Gasteiger partial charge on any atom is -0.468 e. The average molecular weight is 548 g/mol. The first kappa shape index (κ1) is 31.0. The lowest BCUT2D eigenvalue weighted by molar-refractivity contribution is -0.169. The van der Waals surface area contributed by atoms with Gasteiger partial charge in [0.15, 0.2) is 11.6 Å². The van der Waals surface area contributed by atoms with Crippen molar-refractivity contribution in [3.8, 4) is 0 Å². The van der Waals surface area contributed by atoms with E-state index in [4.69, 9.17) is 9.47 Å². The highest BCUT2D eigenvalue weighted by molar-refractivity contribution is 8.00. The van der Waals surface area contributed by atoms with E-state index in [1.807, 2.05) is 0 Å². The van der Waals surface area contributed by atoms with Crippen molar-refractivity contribution >= 4 is 29.6 Å². The van der Waals surface area contributed by atoms with Crippen molar-refractivity contribution in [2.24, 2.45) is 5.41 Å². The summed E-state index contributed by atoms with van der Waals surface area (Å²) < 4.78 is 30.9. The second-order valence-electron chi connectivity index (χ2n) is 9.17. The van der Waals surface area contributed by atoms with E-state index >= 15 is 0 Å². The number of nitrogens with zero attached hydrogens (tertiary/aromatic N) is 2. The maximum atomic E-state index is 14.6. The van der Waals surface area contributed by atoms with Crippen LogP contribution in [0.3, 0.4) is 0 Å². The van der Waals surface area contributed by atoms with Crippen LogP contribution in [0.4, 0.5) is 15.0 Å². The molecule has 1 amide bonds. The highest BCUT2D eigenvalue weighted by Gasteiger charge is 2.48. The largest absolute Gasteiger partial charge is 0.468 e. The van der Waals surface area contributed by atoms with Crippen molar-refractivity contribution in [3.63, 3.8) is 0 Å². The number of hydrogen-bond acceptors (Lipinski definition) is 10. The molecule has 1 aliphatic heterocycles. The molecule has 37 heavy (non-hydrogen) atoms. The molecule has 11 nitrogen and oxygen atoms in total. The third kappa shape index (κ3) is 8.66. The molecule has 1 saturated heterocycles. The van der Waals surface area contributed by atoms with E-state index in [1.165, 1.54) is 32.6 Å². The first-order valence-electron chi connectivity index (χ1n) is 12.5. The molecule has 0 saturated carbocycles. The van der Waals surface area contributed by atoms with Gasteiger partial charge in [0, 0.05) is 5.75 Å². The van der Waals surface area contributed by atoms with Crippen LogP contribution in [0.15, 0.2) is 11.0 Å². The van der Waals surface area contributed by atoms with Crippen molar-refractivity contribution in [2.75, 3.05) is 31.4 Å². The summed E-state index contributed by atoms with van der Waals surface area (Å²) in [7, 11) is 1.13. The second kappa shape index (κ2) is 15.3. The Morgan fingerprint density at radius 2 is 1.95 bits per heavy atom. The molecule has 2 heterocycles. The Balaban J connectivity index is 1.87. The summed E-state index contributed by atoms with van der Waals surface area (Å²) in [4.78, 5) is 40.1. The third-order valence-electron chi connectivity index (χ3n) is 6.25. The van der Waals surface area contributed by atoms with Crippen LogP contribution in [0.5, 0.6) is 0 Å². The number of thioether (sulfide) groups is 1. The van der Waals surface area contributed by atoms with Crippen LogP contribution in [-0.2, 0) is 19.0 Å². The van der Waals surface area contributed by atoms with E-state index in [9.17, 15) is 29.0 Å². The Bertz CT molecular complexity index is 949. The normalized spacial score (nSPS) is 19.7. The zero-order valence-electron chi connectivity index (χ0n) is 21.6. The number of aliphatic hydroxyl groups is 2. The molecule has 0 aliphatic carbocycles. The molecule has 210 valence electrons. The molecule has 0 radical (unpaired) electrons. The highest BCUT2D eigenvalue weighted by Crippen LogP contribution is 2.39. The molecule has 0 bridgehead atoms. The average Bonchev–Trinajstić information content (AvgIpc) is 3.38. The zero-order valence-corrected chi connectivity index (χ0v) is 22.4. The fourth-order valence-corrected chi connectivity index (χ4v) is 5.09. The molecule has 2 unspecified atom stereocenters. The van der Waals surface area contributed by atoms with E-state index in [0.29, 0.717) is 6.42 Å². The lowest BCUT2D eigenvalue weighted by Gasteiger charge is -2.32. The number of hydrogen-bond donors (Lipinski definition) is 3. The molecular formula is C24H38FN3O8S. The number of anilines is 1. The van der Waals surface area contributed by atoms with Crippen LogP contribution in [0.1, 0.15) is 71.4 Å². The maximum absolute atomic E-state index is 14.6. The Morgan fingerprint density at radius 1 is 1.30 bits per heavy atom. The number of ether oxygens (including phenoxy) is 3. The summed E-state index contributed by atoms with van der Waals surface area (Å²) in [6.45, 7) is 2.97. The molecular weight excluding hydrogens is 509 g/mol. The van der Waals surface area contributed by atoms with Crippen molar-refractivity contribution < 1.29 is 38.4 Å². The van der Waals surface area contributed by atoms with Gasteiger partial charge >= 0.3 is 17.8 Å². The summed E-state index contributed by atoms with van der Waals surface area (Å²) in [5.41, 5.74) is -3.54. The van der Waals surface area contributed by atoms with Gasteiger partial charge < -0.3 is 24.4 Å². The number of nitrogens with one attached hydrogen (secondary N) is 1. The first-order valence-corrected chi connectivity index (χ1v) is 13.6. The molecule has 0 spiro atoms. The predicted octanol–water partition coefficient (Wildman–Crippen LogP) is 3.19. The topological polar surface area (TPSA) is 149 Å². The van der Waals surface area contributed by atoms with Crippen LogP contribution in [0, 0.1) is 11.2 Å². The monoisotopic (exact) mass is 547 g/mol. The Labute approximate surface area is 220 Å². The third-order valence-corrected chi connectivity index (χ3v) is 7.43. The van der Waals surface area contributed by atoms with E-state index < -0.39 is 59.2 Å². The van der Waals surface area contributed by atoms with Crippen LogP contribution >= 0.6 is 11.8 Å². The van der Waals surface area contributed by atoms with E-state index in [-0.39, 0.29) is 12.4 Å². The van der Waals surface area contributed by atoms with Crippen LogP contribution in [0.25, 0.3) is 0 Å². The van der Waals surface area contributed by atoms with Gasteiger partial charge in [-0.3, -0.25) is 14.7 Å². The number of carbonyl (C=O) groups excluding carboxylic acids is 2. The number of methoxy groups -OCH3 is 1. The van der Waals surface area contributed by atoms with Gasteiger partial charge in [0.2, 0.25) is 0 Å². The fourth-order valence-electron chi connectivity index (χ4n) is 3.81. The second-order valence-corrected chi connectivity index (χ2v) is 10.3. The molecule has 3 N–H and O–H groups in total. The number of aliphatic hydroxyl groups excluding tert-OH is 2. The SMILES string of the molecule is CCCCCCCCCCOC(=O)Nc1nc(=O)n([C@H]2CS[C@@H](C(O)C(C)(CO)C(=O)OC)O2)cc1F. The Hall–Kier alpha value is -2.22.